The first-order valence-electron chi connectivity index (χ1n) is 8.42. The molecular weight excluding hydrogens is 310 g/mol. The molecule has 1 N–H and O–H groups in total. The molecule has 0 aliphatic carbocycles. The third-order valence-electron chi connectivity index (χ3n) is 5.04. The molecule has 3 saturated heterocycles. The van der Waals surface area contributed by atoms with Crippen LogP contribution >= 0.6 is 0 Å². The maximum atomic E-state index is 12.7. The summed E-state index contributed by atoms with van der Waals surface area (Å²) in [5.74, 6) is -1.32. The quantitative estimate of drug-likeness (QED) is 0.644. The predicted molar refractivity (Wildman–Crippen MR) is 84.3 cm³/mol. The highest BCUT2D eigenvalue weighted by molar-refractivity contribution is 5.79. The Labute approximate surface area is 140 Å². The lowest BCUT2D eigenvalue weighted by Crippen LogP contribution is -2.47. The van der Waals surface area contributed by atoms with Crippen LogP contribution in [0.2, 0.25) is 0 Å². The first-order chi connectivity index (χ1) is 11.6. The lowest BCUT2D eigenvalue weighted by Gasteiger charge is -2.31. The summed E-state index contributed by atoms with van der Waals surface area (Å²) >= 11 is 0. The van der Waals surface area contributed by atoms with E-state index in [1.54, 1.807) is 0 Å². The van der Waals surface area contributed by atoms with Gasteiger partial charge in [-0.1, -0.05) is 30.3 Å². The van der Waals surface area contributed by atoms with Gasteiger partial charge < -0.3 is 19.5 Å². The molecule has 0 spiro atoms. The van der Waals surface area contributed by atoms with Gasteiger partial charge in [-0.15, -0.1) is 0 Å². The molecule has 1 aromatic rings. The molecule has 24 heavy (non-hydrogen) atoms. The summed E-state index contributed by atoms with van der Waals surface area (Å²) in [6.07, 6.45) is 2.04. The summed E-state index contributed by atoms with van der Waals surface area (Å²) in [7, 11) is 0. The highest BCUT2D eigenvalue weighted by Gasteiger charge is 2.59. The zero-order valence-electron chi connectivity index (χ0n) is 13.5. The number of carbonyl (C=O) groups excluding carboxylic acids is 2. The maximum Gasteiger partial charge on any atom is 0.317 e. The van der Waals surface area contributed by atoms with E-state index in [0.29, 0.717) is 12.2 Å². The first kappa shape index (κ1) is 15.6. The van der Waals surface area contributed by atoms with Crippen LogP contribution in [0.15, 0.2) is 30.3 Å². The Morgan fingerprint density at radius 1 is 1.21 bits per heavy atom. The van der Waals surface area contributed by atoms with Crippen LogP contribution in [-0.4, -0.2) is 48.9 Å². The standard InChI is InChI=1S/C18H21NO5/c1-10(20)22-9-13(11-5-3-2-4-6-11)18(21)23-12-7-14-16-17(24-16)15(8-12)19-14/h2-6,12-17,19H,7-9H2,1H3/t12?,13-,14-,15+,16-,17+/m1/s1. The van der Waals surface area contributed by atoms with E-state index in [-0.39, 0.29) is 30.8 Å². The number of hydrogen-bond acceptors (Lipinski definition) is 6. The molecule has 6 heteroatoms. The first-order valence-corrected chi connectivity index (χ1v) is 8.42. The van der Waals surface area contributed by atoms with Gasteiger partial charge in [0.1, 0.15) is 30.8 Å². The summed E-state index contributed by atoms with van der Waals surface area (Å²) in [5.41, 5.74) is 0.798. The zero-order chi connectivity index (χ0) is 16.7. The second-order valence-electron chi connectivity index (χ2n) is 6.74. The third-order valence-corrected chi connectivity index (χ3v) is 5.04. The molecule has 0 amide bonds. The lowest BCUT2D eigenvalue weighted by molar-refractivity contribution is -0.156. The van der Waals surface area contributed by atoms with Gasteiger partial charge in [-0.25, -0.2) is 0 Å². The van der Waals surface area contributed by atoms with Crippen LogP contribution in [0, 0.1) is 0 Å². The van der Waals surface area contributed by atoms with Gasteiger partial charge in [0.25, 0.3) is 0 Å². The third kappa shape index (κ3) is 3.03. The number of rotatable bonds is 5. The Balaban J connectivity index is 1.42. The van der Waals surface area contributed by atoms with E-state index in [1.165, 1.54) is 6.92 Å². The van der Waals surface area contributed by atoms with Gasteiger partial charge in [-0.05, 0) is 5.56 Å². The van der Waals surface area contributed by atoms with Crippen LogP contribution in [-0.2, 0) is 23.8 Å². The Morgan fingerprint density at radius 2 is 1.88 bits per heavy atom. The monoisotopic (exact) mass is 331 g/mol. The Kier molecular flexibility index (Phi) is 4.02. The van der Waals surface area contributed by atoms with E-state index < -0.39 is 11.9 Å². The Hall–Kier alpha value is -1.92. The molecule has 3 aliphatic heterocycles. The summed E-state index contributed by atoms with van der Waals surface area (Å²) in [5, 5.41) is 3.51. The van der Waals surface area contributed by atoms with Crippen molar-refractivity contribution < 1.29 is 23.8 Å². The van der Waals surface area contributed by atoms with Crippen molar-refractivity contribution in [1.82, 2.24) is 5.32 Å². The number of nitrogens with one attached hydrogen (secondary N) is 1. The van der Waals surface area contributed by atoms with Crippen molar-refractivity contribution in [3.05, 3.63) is 35.9 Å². The van der Waals surface area contributed by atoms with Gasteiger partial charge in [-0.3, -0.25) is 9.59 Å². The van der Waals surface area contributed by atoms with Crippen LogP contribution < -0.4 is 5.32 Å². The summed E-state index contributed by atoms with van der Waals surface area (Å²) in [4.78, 5) is 23.8. The van der Waals surface area contributed by atoms with Crippen molar-refractivity contribution in [3.63, 3.8) is 0 Å². The summed E-state index contributed by atoms with van der Waals surface area (Å²) in [6, 6.07) is 9.88. The van der Waals surface area contributed by atoms with Crippen molar-refractivity contribution in [2.45, 2.75) is 56.1 Å². The molecule has 3 heterocycles. The van der Waals surface area contributed by atoms with E-state index in [0.717, 1.165) is 18.4 Å². The van der Waals surface area contributed by atoms with Gasteiger partial charge in [-0.2, -0.15) is 0 Å². The highest BCUT2D eigenvalue weighted by atomic mass is 16.6. The fraction of sp³-hybridized carbons (Fsp3) is 0.556. The average Bonchev–Trinajstić information content (AvgIpc) is 3.32. The number of epoxide rings is 1. The number of fused-ring (bicyclic) bond motifs is 5. The molecular formula is C18H21NO5. The van der Waals surface area contributed by atoms with Crippen LogP contribution in [0.5, 0.6) is 0 Å². The number of piperidine rings is 1. The second-order valence-corrected chi connectivity index (χ2v) is 6.74. The molecule has 0 radical (unpaired) electrons. The predicted octanol–water partition coefficient (Wildman–Crippen LogP) is 1.15. The van der Waals surface area contributed by atoms with Crippen LogP contribution in [0.4, 0.5) is 0 Å². The summed E-state index contributed by atoms with van der Waals surface area (Å²) < 4.78 is 16.4. The number of morpholine rings is 1. The van der Waals surface area contributed by atoms with Gasteiger partial charge in [0.15, 0.2) is 0 Å². The van der Waals surface area contributed by atoms with E-state index in [2.05, 4.69) is 5.32 Å². The Morgan fingerprint density at radius 3 is 2.50 bits per heavy atom. The van der Waals surface area contributed by atoms with Crippen molar-refractivity contribution in [1.29, 1.82) is 0 Å². The molecule has 4 rings (SSSR count). The number of hydrogen-bond donors (Lipinski definition) is 1. The van der Waals surface area contributed by atoms with Gasteiger partial charge in [0.05, 0.1) is 0 Å². The van der Waals surface area contributed by atoms with Crippen LogP contribution in [0.3, 0.4) is 0 Å². The van der Waals surface area contributed by atoms with Gasteiger partial charge >= 0.3 is 11.9 Å². The van der Waals surface area contributed by atoms with E-state index in [9.17, 15) is 9.59 Å². The minimum Gasteiger partial charge on any atom is -0.465 e. The van der Waals surface area contributed by atoms with Crippen molar-refractivity contribution in [2.75, 3.05) is 6.61 Å². The normalized spacial score (nSPS) is 34.1. The number of ether oxygens (including phenoxy) is 3. The average molecular weight is 331 g/mol. The molecule has 3 fully saturated rings. The topological polar surface area (TPSA) is 77.2 Å². The molecule has 1 unspecified atom stereocenters. The van der Waals surface area contributed by atoms with E-state index in [4.69, 9.17) is 14.2 Å². The van der Waals surface area contributed by atoms with Gasteiger partial charge in [0, 0.05) is 31.8 Å². The molecule has 0 saturated carbocycles. The Bertz CT molecular complexity index is 618. The molecule has 6 nitrogen and oxygen atoms in total. The number of benzene rings is 1. The highest BCUT2D eigenvalue weighted by Crippen LogP contribution is 2.43. The molecule has 3 aliphatic rings. The maximum absolute atomic E-state index is 12.7. The summed E-state index contributed by atoms with van der Waals surface area (Å²) in [6.45, 7) is 1.34. The fourth-order valence-corrected chi connectivity index (χ4v) is 3.84. The van der Waals surface area contributed by atoms with Crippen LogP contribution in [0.25, 0.3) is 0 Å². The molecule has 128 valence electrons. The number of carbonyl (C=O) groups is 2. The van der Waals surface area contributed by atoms with E-state index >= 15 is 0 Å². The molecule has 1 aromatic carbocycles. The smallest absolute Gasteiger partial charge is 0.317 e. The van der Waals surface area contributed by atoms with Crippen molar-refractivity contribution >= 4 is 11.9 Å². The fourth-order valence-electron chi connectivity index (χ4n) is 3.84. The van der Waals surface area contributed by atoms with Crippen molar-refractivity contribution in [3.8, 4) is 0 Å². The molecule has 0 aromatic heterocycles. The number of esters is 2. The van der Waals surface area contributed by atoms with Crippen molar-refractivity contribution in [2.24, 2.45) is 0 Å². The van der Waals surface area contributed by atoms with Gasteiger partial charge in [0.2, 0.25) is 0 Å². The minimum atomic E-state index is -0.589. The minimum absolute atomic E-state index is 0.00433. The largest absolute Gasteiger partial charge is 0.465 e. The molecule has 2 bridgehead atoms. The zero-order valence-corrected chi connectivity index (χ0v) is 13.5. The SMILES string of the molecule is CC(=O)OC[C@@H](C(=O)OC1C[C@@H]2N[C@H](C1)[C@H]1O[C@H]12)c1ccccc1. The lowest BCUT2D eigenvalue weighted by atomic mass is 9.98. The van der Waals surface area contributed by atoms with E-state index in [1.807, 2.05) is 30.3 Å². The molecule has 6 atom stereocenters. The van der Waals surface area contributed by atoms with Crippen LogP contribution in [0.1, 0.15) is 31.2 Å². The second kappa shape index (κ2) is 6.18.